The molecule has 0 spiro atoms. The van der Waals surface area contributed by atoms with Gasteiger partial charge in [-0.1, -0.05) is 23.7 Å². The molecule has 3 aromatic rings. The molecule has 2 heterocycles. The summed E-state index contributed by atoms with van der Waals surface area (Å²) in [6.45, 7) is 2.06. The van der Waals surface area contributed by atoms with Crippen LogP contribution >= 0.6 is 11.6 Å². The second-order valence-electron chi connectivity index (χ2n) is 4.36. The first-order valence-corrected chi connectivity index (χ1v) is 6.84. The van der Waals surface area contributed by atoms with E-state index in [4.69, 9.17) is 16.3 Å². The SMILES string of the molecule is CCOC(=O)c1cc2nccc(-c3ccc(Cl)cc3)n2n1. The van der Waals surface area contributed by atoms with Crippen LogP contribution in [0.15, 0.2) is 42.6 Å². The van der Waals surface area contributed by atoms with Gasteiger partial charge in [-0.05, 0) is 25.1 Å². The molecule has 0 atom stereocenters. The van der Waals surface area contributed by atoms with Crippen LogP contribution in [0.1, 0.15) is 17.4 Å². The second kappa shape index (κ2) is 5.54. The quantitative estimate of drug-likeness (QED) is 0.697. The summed E-state index contributed by atoms with van der Waals surface area (Å²) in [6, 6.07) is 10.8. The molecule has 3 rings (SSSR count). The summed E-state index contributed by atoms with van der Waals surface area (Å²) in [5.41, 5.74) is 2.59. The lowest BCUT2D eigenvalue weighted by atomic mass is 10.1. The molecular formula is C15H12ClN3O2. The maximum atomic E-state index is 11.8. The first-order valence-electron chi connectivity index (χ1n) is 6.47. The summed E-state index contributed by atoms with van der Waals surface area (Å²) < 4.78 is 6.58. The standard InChI is InChI=1S/C15H12ClN3O2/c1-2-21-15(20)12-9-14-17-8-7-13(19(14)18-12)10-3-5-11(16)6-4-10/h3-9H,2H2,1H3. The third-order valence-corrected chi connectivity index (χ3v) is 3.23. The fourth-order valence-electron chi connectivity index (χ4n) is 2.04. The van der Waals surface area contributed by atoms with E-state index in [-0.39, 0.29) is 5.69 Å². The summed E-state index contributed by atoms with van der Waals surface area (Å²) in [7, 11) is 0. The molecule has 5 nitrogen and oxygen atoms in total. The highest BCUT2D eigenvalue weighted by atomic mass is 35.5. The summed E-state index contributed by atoms with van der Waals surface area (Å²) >= 11 is 5.90. The summed E-state index contributed by atoms with van der Waals surface area (Å²) in [5.74, 6) is -0.454. The van der Waals surface area contributed by atoms with E-state index >= 15 is 0 Å². The first kappa shape index (κ1) is 13.6. The normalized spacial score (nSPS) is 10.8. The molecule has 1 aromatic carbocycles. The van der Waals surface area contributed by atoms with Gasteiger partial charge in [-0.2, -0.15) is 5.10 Å². The lowest BCUT2D eigenvalue weighted by Crippen LogP contribution is -2.05. The van der Waals surface area contributed by atoms with Crippen molar-refractivity contribution >= 4 is 23.2 Å². The highest BCUT2D eigenvalue weighted by Gasteiger charge is 2.14. The minimum atomic E-state index is -0.454. The molecule has 0 amide bonds. The Morgan fingerprint density at radius 2 is 2.05 bits per heavy atom. The number of carbonyl (C=O) groups is 1. The van der Waals surface area contributed by atoms with Gasteiger partial charge in [0.1, 0.15) is 0 Å². The third-order valence-electron chi connectivity index (χ3n) is 2.98. The van der Waals surface area contributed by atoms with Gasteiger partial charge in [-0.15, -0.1) is 0 Å². The van der Waals surface area contributed by atoms with Crippen molar-refractivity contribution in [2.75, 3.05) is 6.61 Å². The zero-order valence-electron chi connectivity index (χ0n) is 11.3. The molecule has 0 aliphatic carbocycles. The largest absolute Gasteiger partial charge is 0.461 e. The van der Waals surface area contributed by atoms with Crippen LogP contribution in [0.25, 0.3) is 16.9 Å². The van der Waals surface area contributed by atoms with E-state index in [1.165, 1.54) is 0 Å². The molecule has 0 unspecified atom stereocenters. The number of hydrogen-bond acceptors (Lipinski definition) is 4. The van der Waals surface area contributed by atoms with Gasteiger partial charge in [0.05, 0.1) is 12.3 Å². The lowest BCUT2D eigenvalue weighted by Gasteiger charge is -2.04. The average molecular weight is 302 g/mol. The first-order chi connectivity index (χ1) is 10.2. The molecule has 2 aromatic heterocycles. The monoisotopic (exact) mass is 301 g/mol. The number of fused-ring (bicyclic) bond motifs is 1. The van der Waals surface area contributed by atoms with Gasteiger partial charge in [0.25, 0.3) is 0 Å². The Bertz CT molecular complexity index is 796. The van der Waals surface area contributed by atoms with Gasteiger partial charge in [0.15, 0.2) is 11.3 Å². The zero-order chi connectivity index (χ0) is 14.8. The number of aromatic nitrogens is 3. The van der Waals surface area contributed by atoms with E-state index in [0.29, 0.717) is 17.3 Å². The smallest absolute Gasteiger partial charge is 0.358 e. The van der Waals surface area contributed by atoms with Crippen molar-refractivity contribution in [3.63, 3.8) is 0 Å². The molecule has 0 bridgehead atoms. The summed E-state index contributed by atoms with van der Waals surface area (Å²) in [4.78, 5) is 16.0. The number of esters is 1. The van der Waals surface area contributed by atoms with Crippen molar-refractivity contribution in [2.24, 2.45) is 0 Å². The highest BCUT2D eigenvalue weighted by molar-refractivity contribution is 6.30. The van der Waals surface area contributed by atoms with Crippen molar-refractivity contribution in [1.29, 1.82) is 0 Å². The van der Waals surface area contributed by atoms with Crippen molar-refractivity contribution in [3.8, 4) is 11.3 Å². The van der Waals surface area contributed by atoms with E-state index in [1.54, 1.807) is 35.8 Å². The molecule has 0 saturated heterocycles. The minimum Gasteiger partial charge on any atom is -0.461 e. The average Bonchev–Trinajstić information content (AvgIpc) is 2.92. The van der Waals surface area contributed by atoms with Crippen molar-refractivity contribution < 1.29 is 9.53 Å². The Kier molecular flexibility index (Phi) is 3.58. The van der Waals surface area contributed by atoms with Crippen LogP contribution in [0.2, 0.25) is 5.02 Å². The van der Waals surface area contributed by atoms with Gasteiger partial charge in [-0.3, -0.25) is 0 Å². The van der Waals surface area contributed by atoms with Crippen LogP contribution in [0, 0.1) is 0 Å². The van der Waals surface area contributed by atoms with Gasteiger partial charge >= 0.3 is 5.97 Å². The predicted molar refractivity (Wildman–Crippen MR) is 79.4 cm³/mol. The molecule has 106 valence electrons. The fourth-order valence-corrected chi connectivity index (χ4v) is 2.17. The number of halogens is 1. The predicted octanol–water partition coefficient (Wildman–Crippen LogP) is 3.23. The molecule has 21 heavy (non-hydrogen) atoms. The Hall–Kier alpha value is -2.40. The van der Waals surface area contributed by atoms with E-state index in [2.05, 4.69) is 10.1 Å². The molecule has 0 fully saturated rings. The van der Waals surface area contributed by atoms with Crippen LogP contribution < -0.4 is 0 Å². The number of nitrogens with zero attached hydrogens (tertiary/aromatic N) is 3. The maximum absolute atomic E-state index is 11.8. The van der Waals surface area contributed by atoms with Gasteiger partial charge in [0, 0.05) is 22.8 Å². The third kappa shape index (κ3) is 2.60. The fraction of sp³-hybridized carbons (Fsp3) is 0.133. The topological polar surface area (TPSA) is 56.5 Å². The van der Waals surface area contributed by atoms with Gasteiger partial charge in [0.2, 0.25) is 0 Å². The van der Waals surface area contributed by atoms with Crippen LogP contribution in [0.5, 0.6) is 0 Å². The van der Waals surface area contributed by atoms with Crippen molar-refractivity contribution in [1.82, 2.24) is 14.6 Å². The number of carbonyl (C=O) groups excluding carboxylic acids is 1. The molecule has 0 aliphatic heterocycles. The van der Waals surface area contributed by atoms with Crippen LogP contribution in [-0.2, 0) is 4.74 Å². The second-order valence-corrected chi connectivity index (χ2v) is 4.79. The number of rotatable bonds is 3. The van der Waals surface area contributed by atoms with Gasteiger partial charge in [-0.25, -0.2) is 14.3 Å². The van der Waals surface area contributed by atoms with E-state index in [9.17, 15) is 4.79 Å². The Morgan fingerprint density at radius 3 is 2.76 bits per heavy atom. The van der Waals surface area contributed by atoms with Crippen LogP contribution in [0.3, 0.4) is 0 Å². The molecular weight excluding hydrogens is 290 g/mol. The van der Waals surface area contributed by atoms with Crippen molar-refractivity contribution in [2.45, 2.75) is 6.92 Å². The lowest BCUT2D eigenvalue weighted by molar-refractivity contribution is 0.0519. The Morgan fingerprint density at radius 1 is 1.29 bits per heavy atom. The van der Waals surface area contributed by atoms with Crippen LogP contribution in [-0.4, -0.2) is 27.2 Å². The molecule has 0 aliphatic rings. The molecule has 6 heteroatoms. The maximum Gasteiger partial charge on any atom is 0.358 e. The number of benzene rings is 1. The van der Waals surface area contributed by atoms with Gasteiger partial charge < -0.3 is 4.74 Å². The minimum absolute atomic E-state index is 0.241. The number of ether oxygens (including phenoxy) is 1. The van der Waals surface area contributed by atoms with Crippen molar-refractivity contribution in [3.05, 3.63) is 53.3 Å². The molecule has 0 N–H and O–H groups in total. The summed E-state index contributed by atoms with van der Waals surface area (Å²) in [5, 5.41) is 4.94. The Labute approximate surface area is 126 Å². The highest BCUT2D eigenvalue weighted by Crippen LogP contribution is 2.22. The molecule has 0 radical (unpaired) electrons. The van der Waals surface area contributed by atoms with E-state index in [0.717, 1.165) is 11.3 Å². The molecule has 0 saturated carbocycles. The van der Waals surface area contributed by atoms with E-state index in [1.807, 2.05) is 18.2 Å². The zero-order valence-corrected chi connectivity index (χ0v) is 12.0. The van der Waals surface area contributed by atoms with Crippen LogP contribution in [0.4, 0.5) is 0 Å². The van der Waals surface area contributed by atoms with E-state index < -0.39 is 5.97 Å². The Balaban J connectivity index is 2.11. The summed E-state index contributed by atoms with van der Waals surface area (Å²) in [6.07, 6.45) is 1.68. The number of hydrogen-bond donors (Lipinski definition) is 0.